The zero-order valence-corrected chi connectivity index (χ0v) is 18.8. The van der Waals surface area contributed by atoms with Crippen LogP contribution in [0.4, 0.5) is 0 Å². The topological polar surface area (TPSA) is 33.2 Å². The highest BCUT2D eigenvalue weighted by molar-refractivity contribution is 7.95. The van der Waals surface area contributed by atoms with E-state index in [1.807, 2.05) is 5.38 Å². The summed E-state index contributed by atoms with van der Waals surface area (Å²) in [6.45, 7) is 0. The van der Waals surface area contributed by atoms with Crippen LogP contribution in [0.15, 0.2) is 96.4 Å². The molecule has 0 aliphatic heterocycles. The van der Waals surface area contributed by atoms with Crippen molar-refractivity contribution in [3.8, 4) is 0 Å². The molecule has 0 spiro atoms. The summed E-state index contributed by atoms with van der Waals surface area (Å²) < 4.78 is 0. The molecule has 0 aliphatic rings. The Bertz CT molecular complexity index is 1010. The number of amides is 1. The van der Waals surface area contributed by atoms with Gasteiger partial charge in [-0.15, -0.1) is 11.3 Å². The third kappa shape index (κ3) is 3.94. The van der Waals surface area contributed by atoms with Crippen molar-refractivity contribution in [2.45, 2.75) is 6.16 Å². The van der Waals surface area contributed by atoms with Crippen molar-refractivity contribution in [2.75, 3.05) is 14.1 Å². The Balaban J connectivity index is 1.91. The second-order valence-corrected chi connectivity index (χ2v) is 11.7. The Morgan fingerprint density at radius 1 is 0.800 bits per heavy atom. The van der Waals surface area contributed by atoms with Crippen LogP contribution in [0.2, 0.25) is 0 Å². The molecule has 0 saturated heterocycles. The van der Waals surface area contributed by atoms with Gasteiger partial charge in [0.15, 0.2) is 5.01 Å². The highest BCUT2D eigenvalue weighted by Gasteiger charge is 2.46. The van der Waals surface area contributed by atoms with E-state index in [0.29, 0.717) is 5.01 Å². The van der Waals surface area contributed by atoms with Gasteiger partial charge in [-0.3, -0.25) is 4.79 Å². The van der Waals surface area contributed by atoms with Gasteiger partial charge in [-0.1, -0.05) is 54.6 Å². The van der Waals surface area contributed by atoms with E-state index in [2.05, 4.69) is 91.0 Å². The number of aromatic nitrogens is 1. The quantitative estimate of drug-likeness (QED) is 0.426. The first-order chi connectivity index (χ1) is 14.6. The minimum atomic E-state index is -2.00. The average Bonchev–Trinajstić information content (AvgIpc) is 3.27. The maximum absolute atomic E-state index is 12.4. The van der Waals surface area contributed by atoms with Crippen LogP contribution in [0.25, 0.3) is 0 Å². The molecule has 0 radical (unpaired) electrons. The third-order valence-corrected chi connectivity index (χ3v) is 10.3. The number of benzene rings is 3. The van der Waals surface area contributed by atoms with Crippen molar-refractivity contribution in [3.05, 3.63) is 107 Å². The fraction of sp³-hybridized carbons (Fsp3) is 0.120. The Hall–Kier alpha value is -2.81. The molecule has 0 atom stereocenters. The van der Waals surface area contributed by atoms with E-state index in [1.54, 1.807) is 19.0 Å². The summed E-state index contributed by atoms with van der Waals surface area (Å²) in [5.74, 6) is -0.0469. The summed E-state index contributed by atoms with van der Waals surface area (Å²) in [5.41, 5.74) is 0.968. The average molecular weight is 432 g/mol. The van der Waals surface area contributed by atoms with Crippen LogP contribution in [0, 0.1) is 0 Å². The predicted molar refractivity (Wildman–Crippen MR) is 129 cm³/mol. The van der Waals surface area contributed by atoms with Crippen molar-refractivity contribution in [1.29, 1.82) is 0 Å². The molecule has 0 aliphatic carbocycles. The van der Waals surface area contributed by atoms with Gasteiger partial charge in [-0.05, 0) is 36.4 Å². The highest BCUT2D eigenvalue weighted by atomic mass is 32.1. The van der Waals surface area contributed by atoms with Gasteiger partial charge in [-0.2, -0.15) is 0 Å². The van der Waals surface area contributed by atoms with E-state index in [0.717, 1.165) is 11.9 Å². The fourth-order valence-corrected chi connectivity index (χ4v) is 8.77. The minimum absolute atomic E-state index is 0.0469. The number of hydrogen-bond donors (Lipinski definition) is 0. The molecular weight excluding hydrogens is 407 g/mol. The first-order valence-corrected chi connectivity index (χ1v) is 12.7. The molecule has 3 aromatic carbocycles. The monoisotopic (exact) mass is 431 g/mol. The third-order valence-electron chi connectivity index (χ3n) is 5.13. The van der Waals surface area contributed by atoms with Crippen LogP contribution in [-0.4, -0.2) is 29.9 Å². The lowest BCUT2D eigenvalue weighted by molar-refractivity contribution is 0.0827. The zero-order chi connectivity index (χ0) is 21.0. The summed E-state index contributed by atoms with van der Waals surface area (Å²) in [6.07, 6.45) is 0.780. The Labute approximate surface area is 182 Å². The number of nitrogens with zero attached hydrogens (tertiary/aromatic N) is 2. The van der Waals surface area contributed by atoms with Crippen LogP contribution in [0.3, 0.4) is 0 Å². The molecule has 5 heteroatoms. The van der Waals surface area contributed by atoms with Gasteiger partial charge in [0.25, 0.3) is 5.91 Å². The smallest absolute Gasteiger partial charge is 0.282 e. The second-order valence-electron chi connectivity index (χ2n) is 7.32. The van der Waals surface area contributed by atoms with Crippen LogP contribution in [0.5, 0.6) is 0 Å². The lowest BCUT2D eigenvalue weighted by Gasteiger charge is -2.27. The van der Waals surface area contributed by atoms with Gasteiger partial charge in [0.1, 0.15) is 29.3 Å². The second kappa shape index (κ2) is 8.91. The lowest BCUT2D eigenvalue weighted by Crippen LogP contribution is -2.32. The Morgan fingerprint density at radius 3 is 1.63 bits per heavy atom. The maximum atomic E-state index is 12.4. The minimum Gasteiger partial charge on any atom is -0.343 e. The van der Waals surface area contributed by atoms with Gasteiger partial charge in [-0.25, -0.2) is 4.98 Å². The summed E-state index contributed by atoms with van der Waals surface area (Å²) in [6, 6.07) is 32.2. The molecule has 4 rings (SSSR count). The molecule has 0 bridgehead atoms. The number of thiazole rings is 1. The van der Waals surface area contributed by atoms with E-state index in [1.165, 1.54) is 27.3 Å². The molecule has 1 aromatic heterocycles. The lowest BCUT2D eigenvalue weighted by atomic mass is 10.4. The zero-order valence-electron chi connectivity index (χ0n) is 17.1. The normalized spacial score (nSPS) is 11.3. The van der Waals surface area contributed by atoms with Crippen LogP contribution >= 0.6 is 18.6 Å². The first-order valence-electron chi connectivity index (χ1n) is 9.82. The molecule has 3 nitrogen and oxygen atoms in total. The van der Waals surface area contributed by atoms with Crippen LogP contribution in [0.1, 0.15) is 15.5 Å². The van der Waals surface area contributed by atoms with E-state index >= 15 is 0 Å². The van der Waals surface area contributed by atoms with Crippen molar-refractivity contribution >= 4 is 40.4 Å². The Kier molecular flexibility index (Phi) is 6.08. The number of hydrogen-bond acceptors (Lipinski definition) is 3. The standard InChI is InChI=1S/C25H24N2OPS/c1-27(2)25(28)24-26-20(19-30-24)18-29(21-12-6-3-7-13-21,22-14-8-4-9-15-22)23-16-10-5-11-17-23/h3-17,19H,18H2,1-2H3/q+1. The summed E-state index contributed by atoms with van der Waals surface area (Å²) in [4.78, 5) is 18.7. The van der Waals surface area contributed by atoms with Gasteiger partial charge in [0, 0.05) is 19.5 Å². The van der Waals surface area contributed by atoms with Gasteiger partial charge >= 0.3 is 0 Å². The molecule has 1 amide bonds. The van der Waals surface area contributed by atoms with Crippen molar-refractivity contribution < 1.29 is 4.79 Å². The molecule has 4 aromatic rings. The van der Waals surface area contributed by atoms with Crippen molar-refractivity contribution in [3.63, 3.8) is 0 Å². The molecule has 0 unspecified atom stereocenters. The predicted octanol–water partition coefficient (Wildman–Crippen LogP) is 4.34. The van der Waals surface area contributed by atoms with E-state index in [9.17, 15) is 4.79 Å². The van der Waals surface area contributed by atoms with Crippen molar-refractivity contribution in [1.82, 2.24) is 9.88 Å². The number of carbonyl (C=O) groups is 1. The summed E-state index contributed by atoms with van der Waals surface area (Å²) in [7, 11) is 1.53. The Morgan fingerprint density at radius 2 is 1.23 bits per heavy atom. The molecule has 1 heterocycles. The molecule has 30 heavy (non-hydrogen) atoms. The molecule has 0 N–H and O–H groups in total. The van der Waals surface area contributed by atoms with Crippen LogP contribution in [-0.2, 0) is 6.16 Å². The maximum Gasteiger partial charge on any atom is 0.282 e. The molecule has 0 saturated carbocycles. The summed E-state index contributed by atoms with van der Waals surface area (Å²) in [5, 5.41) is 6.53. The van der Waals surface area contributed by atoms with E-state index in [4.69, 9.17) is 4.98 Å². The van der Waals surface area contributed by atoms with E-state index < -0.39 is 7.26 Å². The fourth-order valence-electron chi connectivity index (χ4n) is 3.68. The highest BCUT2D eigenvalue weighted by Crippen LogP contribution is 2.58. The van der Waals surface area contributed by atoms with Gasteiger partial charge in [0.05, 0.1) is 5.69 Å². The van der Waals surface area contributed by atoms with Crippen LogP contribution < -0.4 is 15.9 Å². The molecule has 0 fully saturated rings. The van der Waals surface area contributed by atoms with Crippen molar-refractivity contribution in [2.24, 2.45) is 0 Å². The number of carbonyl (C=O) groups excluding carboxylic acids is 1. The largest absolute Gasteiger partial charge is 0.343 e. The first kappa shape index (κ1) is 20.5. The van der Waals surface area contributed by atoms with Gasteiger partial charge < -0.3 is 4.90 Å². The van der Waals surface area contributed by atoms with E-state index in [-0.39, 0.29) is 5.91 Å². The molecular formula is C25H24N2OPS+. The summed E-state index contributed by atoms with van der Waals surface area (Å²) >= 11 is 1.43. The number of rotatable bonds is 6. The van der Waals surface area contributed by atoms with Gasteiger partial charge in [0.2, 0.25) is 0 Å². The molecule has 150 valence electrons. The SMILES string of the molecule is CN(C)C(=O)c1nc(C[P+](c2ccccc2)(c2ccccc2)c2ccccc2)cs1.